The molecule has 0 rings (SSSR count). The SMILES string of the molecule is CCCCCC.CCCCCC.CCCCCC.N=C=O.N=C=O.NC(=O)NC(N)=O. The second-order valence-corrected chi connectivity index (χ2v) is 6.18. The third kappa shape index (κ3) is 162. The van der Waals surface area contributed by atoms with Crippen molar-refractivity contribution in [3.63, 3.8) is 0 Å². The lowest BCUT2D eigenvalue weighted by Crippen LogP contribution is -2.38. The number of amides is 4. The Morgan fingerprint density at radius 2 is 0.710 bits per heavy atom. The Kier molecular flexibility index (Phi) is 77.5. The summed E-state index contributed by atoms with van der Waals surface area (Å²) in [6, 6.07) is -1.88. The molecule has 0 radical (unpaired) electrons. The van der Waals surface area contributed by atoms with Crippen molar-refractivity contribution in [3.05, 3.63) is 0 Å². The molecule has 0 aliphatic rings. The average molecular weight is 448 g/mol. The molecule has 186 valence electrons. The lowest BCUT2D eigenvalue weighted by Gasteiger charge is -1.88. The van der Waals surface area contributed by atoms with Gasteiger partial charge in [-0.3, -0.25) is 5.32 Å². The Morgan fingerprint density at radius 3 is 0.742 bits per heavy atom. The maximum absolute atomic E-state index is 9.62. The molecule has 0 unspecified atom stereocenters. The molecule has 0 fully saturated rings. The number of nitrogens with two attached hydrogens (primary N) is 2. The molecule has 0 bridgehead atoms. The highest BCUT2D eigenvalue weighted by molar-refractivity contribution is 5.91. The van der Waals surface area contributed by atoms with E-state index in [1.165, 1.54) is 77.0 Å². The summed E-state index contributed by atoms with van der Waals surface area (Å²) in [5.41, 5.74) is 8.88. The fraction of sp³-hybridized carbons (Fsp3) is 0.818. The van der Waals surface area contributed by atoms with Crippen LogP contribution in [0.4, 0.5) is 9.59 Å². The summed E-state index contributed by atoms with van der Waals surface area (Å²) in [5.74, 6) is 0. The van der Waals surface area contributed by atoms with Crippen molar-refractivity contribution in [2.75, 3.05) is 0 Å². The van der Waals surface area contributed by atoms with Crippen LogP contribution in [0.25, 0.3) is 0 Å². The number of primary amides is 2. The first-order valence-corrected chi connectivity index (χ1v) is 11.1. The summed E-state index contributed by atoms with van der Waals surface area (Å²) in [5, 5.41) is 12.4. The molecule has 0 aromatic heterocycles. The monoisotopic (exact) mass is 447 g/mol. The predicted octanol–water partition coefficient (Wildman–Crippen LogP) is 6.30. The van der Waals surface area contributed by atoms with Crippen LogP contribution in [0.1, 0.15) is 119 Å². The van der Waals surface area contributed by atoms with Crippen molar-refractivity contribution in [3.8, 4) is 0 Å². The van der Waals surface area contributed by atoms with Gasteiger partial charge in [-0.1, -0.05) is 119 Å². The van der Waals surface area contributed by atoms with E-state index in [0.717, 1.165) is 12.2 Å². The first kappa shape index (κ1) is 42.6. The lowest BCUT2D eigenvalue weighted by molar-refractivity contribution is 0.236. The van der Waals surface area contributed by atoms with E-state index in [-0.39, 0.29) is 0 Å². The molecular formula is C22H49N5O4. The zero-order valence-electron chi connectivity index (χ0n) is 20.8. The quantitative estimate of drug-likeness (QED) is 0.158. The van der Waals surface area contributed by atoms with Crippen LogP contribution in [0, 0.1) is 10.8 Å². The van der Waals surface area contributed by atoms with Gasteiger partial charge >= 0.3 is 12.1 Å². The van der Waals surface area contributed by atoms with E-state index in [9.17, 15) is 9.59 Å². The molecule has 0 atom stereocenters. The number of unbranched alkanes of at least 4 members (excludes halogenated alkanes) is 9. The summed E-state index contributed by atoms with van der Waals surface area (Å²) in [6.45, 7) is 13.4. The zero-order valence-corrected chi connectivity index (χ0v) is 20.8. The number of rotatable bonds is 9. The number of hydrogen-bond donors (Lipinski definition) is 5. The molecule has 0 aliphatic heterocycles. The summed E-state index contributed by atoms with van der Waals surface area (Å²) in [7, 11) is 0. The van der Waals surface area contributed by atoms with E-state index in [0.29, 0.717) is 0 Å². The third-order valence-electron chi connectivity index (χ3n) is 3.12. The molecule has 0 aromatic carbocycles. The standard InChI is InChI=1S/3C6H14.C2H5N3O2.2CHNO/c3*1-3-5-6-4-2;3-1(6)5-2(4)7;2*2-1-3/h3*3-6H2,1-2H3;(H5,3,4,5,6,7);2*2H. The molecule has 0 saturated heterocycles. The Bertz CT molecular complexity index is 338. The summed E-state index contributed by atoms with van der Waals surface area (Å²) < 4.78 is 0. The van der Waals surface area contributed by atoms with Gasteiger partial charge in [-0.05, 0) is 0 Å². The normalized spacial score (nSPS) is 7.42. The first-order valence-electron chi connectivity index (χ1n) is 11.1. The number of nitrogens with one attached hydrogen (secondary N) is 3. The second kappa shape index (κ2) is 56.4. The van der Waals surface area contributed by atoms with Crippen LogP contribution in [0.2, 0.25) is 0 Å². The molecule has 9 heteroatoms. The highest BCUT2D eigenvalue weighted by Gasteiger charge is 1.92. The number of imide groups is 1. The minimum atomic E-state index is -0.938. The van der Waals surface area contributed by atoms with Crippen LogP contribution in [0.5, 0.6) is 0 Å². The van der Waals surface area contributed by atoms with Crippen molar-refractivity contribution < 1.29 is 19.2 Å². The van der Waals surface area contributed by atoms with E-state index in [4.69, 9.17) is 20.4 Å². The van der Waals surface area contributed by atoms with Crippen molar-refractivity contribution in [2.45, 2.75) is 119 Å². The van der Waals surface area contributed by atoms with Crippen LogP contribution in [-0.2, 0) is 9.59 Å². The predicted molar refractivity (Wildman–Crippen MR) is 129 cm³/mol. The molecule has 0 saturated carbocycles. The molecule has 4 amide bonds. The van der Waals surface area contributed by atoms with Crippen LogP contribution >= 0.6 is 0 Å². The fourth-order valence-corrected chi connectivity index (χ4v) is 1.62. The lowest BCUT2D eigenvalue weighted by atomic mass is 10.2. The molecule has 7 N–H and O–H groups in total. The topological polar surface area (TPSA) is 180 Å². The van der Waals surface area contributed by atoms with E-state index in [1.54, 1.807) is 5.32 Å². The zero-order chi connectivity index (χ0) is 25.8. The molecule has 9 nitrogen and oxygen atoms in total. The molecule has 0 heterocycles. The van der Waals surface area contributed by atoms with Crippen molar-refractivity contribution in [2.24, 2.45) is 11.5 Å². The van der Waals surface area contributed by atoms with Crippen molar-refractivity contribution in [1.29, 1.82) is 10.8 Å². The molecule has 0 spiro atoms. The van der Waals surface area contributed by atoms with E-state index >= 15 is 0 Å². The third-order valence-corrected chi connectivity index (χ3v) is 3.12. The largest absolute Gasteiger partial charge is 0.351 e. The smallest absolute Gasteiger partial charge is 0.320 e. The van der Waals surface area contributed by atoms with Crippen LogP contribution in [0.15, 0.2) is 0 Å². The minimum Gasteiger partial charge on any atom is -0.351 e. The maximum atomic E-state index is 9.62. The maximum Gasteiger partial charge on any atom is 0.320 e. The minimum absolute atomic E-state index is 0.750. The Morgan fingerprint density at radius 1 is 0.581 bits per heavy atom. The second-order valence-electron chi connectivity index (χ2n) is 6.18. The number of isocyanates is 2. The van der Waals surface area contributed by atoms with Crippen molar-refractivity contribution >= 4 is 24.2 Å². The number of hydrogen-bond acceptors (Lipinski definition) is 6. The molecule has 0 aromatic rings. The van der Waals surface area contributed by atoms with Gasteiger partial charge < -0.3 is 11.5 Å². The Hall–Kier alpha value is -2.50. The van der Waals surface area contributed by atoms with Gasteiger partial charge in [0.05, 0.1) is 0 Å². The highest BCUT2D eigenvalue weighted by atomic mass is 16.2. The fourth-order valence-electron chi connectivity index (χ4n) is 1.62. The number of urea groups is 2. The Balaban J connectivity index is -0.0000000621. The van der Waals surface area contributed by atoms with Crippen LogP contribution in [0.3, 0.4) is 0 Å². The van der Waals surface area contributed by atoms with Gasteiger partial charge in [0, 0.05) is 0 Å². The van der Waals surface area contributed by atoms with E-state index in [1.807, 2.05) is 0 Å². The van der Waals surface area contributed by atoms with E-state index in [2.05, 4.69) is 53.0 Å². The van der Waals surface area contributed by atoms with Crippen LogP contribution in [-0.4, -0.2) is 24.2 Å². The molecule has 0 aliphatic carbocycles. The summed E-state index contributed by atoms with van der Waals surface area (Å²) in [4.78, 5) is 35.9. The number of carbonyl (C=O) groups is 2. The van der Waals surface area contributed by atoms with Gasteiger partial charge in [0.15, 0.2) is 0 Å². The van der Waals surface area contributed by atoms with Gasteiger partial charge in [0.25, 0.3) is 0 Å². The summed E-state index contributed by atoms with van der Waals surface area (Å²) >= 11 is 0. The van der Waals surface area contributed by atoms with E-state index < -0.39 is 12.1 Å². The van der Waals surface area contributed by atoms with Gasteiger partial charge in [-0.15, -0.1) is 0 Å². The highest BCUT2D eigenvalue weighted by Crippen LogP contribution is 1.96. The van der Waals surface area contributed by atoms with Gasteiger partial charge in [0.2, 0.25) is 12.2 Å². The van der Waals surface area contributed by atoms with Crippen LogP contribution < -0.4 is 16.8 Å². The number of carbonyl (C=O) groups excluding carboxylic acids is 4. The van der Waals surface area contributed by atoms with Crippen molar-refractivity contribution in [1.82, 2.24) is 5.32 Å². The summed E-state index contributed by atoms with van der Waals surface area (Å²) in [6.07, 6.45) is 18.1. The Labute approximate surface area is 190 Å². The first-order chi connectivity index (χ1) is 14.7. The molecule has 31 heavy (non-hydrogen) atoms. The van der Waals surface area contributed by atoms with Gasteiger partial charge in [0.1, 0.15) is 0 Å². The average Bonchev–Trinajstić information content (AvgIpc) is 2.70. The van der Waals surface area contributed by atoms with Gasteiger partial charge in [-0.2, -0.15) is 0 Å². The molecular weight excluding hydrogens is 398 g/mol. The van der Waals surface area contributed by atoms with Gasteiger partial charge in [-0.25, -0.2) is 30.0 Å².